The zero-order chi connectivity index (χ0) is 14.5. The Kier molecular flexibility index (Phi) is 3.01. The molecular weight excluding hydrogens is 258 g/mol. The summed E-state index contributed by atoms with van der Waals surface area (Å²) in [7, 11) is 0. The minimum absolute atomic E-state index is 0.0621. The highest BCUT2D eigenvalue weighted by Crippen LogP contribution is 2.52. The van der Waals surface area contributed by atoms with Crippen molar-refractivity contribution in [3.8, 4) is 0 Å². The molecule has 1 fully saturated rings. The van der Waals surface area contributed by atoms with Gasteiger partial charge in [-0.15, -0.1) is 0 Å². The molecule has 0 spiro atoms. The maximum atomic E-state index is 12.4. The molecule has 6 heteroatoms. The lowest BCUT2D eigenvalue weighted by Crippen LogP contribution is -2.38. The highest BCUT2D eigenvalue weighted by Gasteiger charge is 2.52. The standard InChI is InChI=1S/C14H21N3O3/c1-14(2)7-10(14)13(20)16-4-3-9-11(8-16)15-17(5-6-18)12(9)19/h10,15,18H,3-8H2,1-2H3/t10-/m0/s1. The Morgan fingerprint density at radius 2 is 2.20 bits per heavy atom. The minimum Gasteiger partial charge on any atom is -0.394 e. The lowest BCUT2D eigenvalue weighted by atomic mass is 10.1. The zero-order valence-corrected chi connectivity index (χ0v) is 12.0. The second-order valence-corrected chi connectivity index (χ2v) is 6.50. The van der Waals surface area contributed by atoms with Crippen LogP contribution >= 0.6 is 0 Å². The number of hydrogen-bond donors (Lipinski definition) is 2. The highest BCUT2D eigenvalue weighted by molar-refractivity contribution is 5.82. The summed E-state index contributed by atoms with van der Waals surface area (Å²) in [5.74, 6) is 0.340. The van der Waals surface area contributed by atoms with Crippen molar-refractivity contribution in [2.75, 3.05) is 13.2 Å². The summed E-state index contributed by atoms with van der Waals surface area (Å²) >= 11 is 0. The van der Waals surface area contributed by atoms with Crippen LogP contribution in [0.25, 0.3) is 0 Å². The molecule has 6 nitrogen and oxygen atoms in total. The zero-order valence-electron chi connectivity index (χ0n) is 12.0. The Morgan fingerprint density at radius 3 is 2.80 bits per heavy atom. The van der Waals surface area contributed by atoms with Gasteiger partial charge in [-0.1, -0.05) is 13.8 Å². The summed E-state index contributed by atoms with van der Waals surface area (Å²) in [6.07, 6.45) is 1.55. The predicted molar refractivity (Wildman–Crippen MR) is 73.1 cm³/mol. The average Bonchev–Trinajstić information content (AvgIpc) is 2.94. The molecule has 20 heavy (non-hydrogen) atoms. The van der Waals surface area contributed by atoms with E-state index in [1.807, 2.05) is 4.90 Å². The Balaban J connectivity index is 1.77. The summed E-state index contributed by atoms with van der Waals surface area (Å²) in [4.78, 5) is 26.3. The third-order valence-electron chi connectivity index (χ3n) is 4.56. The fourth-order valence-corrected chi connectivity index (χ4v) is 3.03. The van der Waals surface area contributed by atoms with Gasteiger partial charge in [0.1, 0.15) is 0 Å². The van der Waals surface area contributed by atoms with Gasteiger partial charge >= 0.3 is 0 Å². The van der Waals surface area contributed by atoms with Crippen LogP contribution in [0.2, 0.25) is 0 Å². The van der Waals surface area contributed by atoms with Crippen LogP contribution < -0.4 is 5.56 Å². The van der Waals surface area contributed by atoms with Gasteiger partial charge in [0.2, 0.25) is 5.91 Å². The van der Waals surface area contributed by atoms with Crippen LogP contribution in [0.1, 0.15) is 31.5 Å². The van der Waals surface area contributed by atoms with Crippen molar-refractivity contribution >= 4 is 5.91 Å². The Morgan fingerprint density at radius 1 is 1.50 bits per heavy atom. The molecule has 0 aromatic carbocycles. The van der Waals surface area contributed by atoms with E-state index < -0.39 is 0 Å². The predicted octanol–water partition coefficient (Wildman–Crippen LogP) is 0.0995. The van der Waals surface area contributed by atoms with E-state index in [1.165, 1.54) is 4.68 Å². The first-order valence-corrected chi connectivity index (χ1v) is 7.14. The largest absolute Gasteiger partial charge is 0.394 e. The molecule has 1 aliphatic carbocycles. The summed E-state index contributed by atoms with van der Waals surface area (Å²) < 4.78 is 1.43. The van der Waals surface area contributed by atoms with E-state index >= 15 is 0 Å². The number of carbonyl (C=O) groups is 1. The van der Waals surface area contributed by atoms with Gasteiger partial charge in [0.25, 0.3) is 5.56 Å². The number of carbonyl (C=O) groups excluding carboxylic acids is 1. The molecule has 3 rings (SSSR count). The van der Waals surface area contributed by atoms with Crippen molar-refractivity contribution in [1.82, 2.24) is 14.7 Å². The fraction of sp³-hybridized carbons (Fsp3) is 0.714. The number of hydrogen-bond acceptors (Lipinski definition) is 3. The molecule has 1 aromatic heterocycles. The first-order chi connectivity index (χ1) is 9.44. The first kappa shape index (κ1) is 13.4. The van der Waals surface area contributed by atoms with Gasteiger partial charge in [0.15, 0.2) is 0 Å². The Hall–Kier alpha value is -1.56. The van der Waals surface area contributed by atoms with Crippen LogP contribution in [-0.2, 0) is 24.3 Å². The smallest absolute Gasteiger partial charge is 0.270 e. The van der Waals surface area contributed by atoms with Crippen molar-refractivity contribution in [2.45, 2.75) is 39.8 Å². The van der Waals surface area contributed by atoms with Crippen LogP contribution in [-0.4, -0.2) is 38.8 Å². The number of aromatic amines is 1. The van der Waals surface area contributed by atoms with E-state index in [4.69, 9.17) is 5.11 Å². The third kappa shape index (κ3) is 2.08. The molecule has 1 aliphatic heterocycles. The van der Waals surface area contributed by atoms with Crippen LogP contribution in [0.15, 0.2) is 4.79 Å². The molecule has 110 valence electrons. The number of aliphatic hydroxyl groups excluding tert-OH is 1. The average molecular weight is 279 g/mol. The van der Waals surface area contributed by atoms with Crippen molar-refractivity contribution in [3.63, 3.8) is 0 Å². The number of aliphatic hydroxyl groups is 1. The molecule has 0 radical (unpaired) electrons. The maximum Gasteiger partial charge on any atom is 0.270 e. The fourth-order valence-electron chi connectivity index (χ4n) is 3.03. The number of nitrogens with zero attached hydrogens (tertiary/aromatic N) is 2. The number of rotatable bonds is 3. The molecule has 1 atom stereocenters. The third-order valence-corrected chi connectivity index (χ3v) is 4.56. The second kappa shape index (κ2) is 4.48. The molecule has 0 saturated heterocycles. The monoisotopic (exact) mass is 279 g/mol. The van der Waals surface area contributed by atoms with Gasteiger partial charge < -0.3 is 10.0 Å². The summed E-state index contributed by atoms with van der Waals surface area (Å²) in [6.45, 7) is 5.53. The van der Waals surface area contributed by atoms with Crippen LogP contribution in [0.4, 0.5) is 0 Å². The van der Waals surface area contributed by atoms with Crippen molar-refractivity contribution < 1.29 is 9.90 Å². The number of H-pyrrole nitrogens is 1. The van der Waals surface area contributed by atoms with Gasteiger partial charge in [-0.05, 0) is 18.3 Å². The van der Waals surface area contributed by atoms with Crippen LogP contribution in [0, 0.1) is 11.3 Å². The lowest BCUT2D eigenvalue weighted by molar-refractivity contribution is -0.134. The lowest BCUT2D eigenvalue weighted by Gasteiger charge is -2.26. The molecule has 2 heterocycles. The Labute approximate surface area is 117 Å². The van der Waals surface area contributed by atoms with E-state index in [0.29, 0.717) is 19.5 Å². The topological polar surface area (TPSA) is 78.3 Å². The number of aromatic nitrogens is 2. The molecule has 2 N–H and O–H groups in total. The number of nitrogens with one attached hydrogen (secondary N) is 1. The van der Waals surface area contributed by atoms with E-state index in [-0.39, 0.29) is 36.0 Å². The van der Waals surface area contributed by atoms with Gasteiger partial charge in [0.05, 0.1) is 25.4 Å². The van der Waals surface area contributed by atoms with Gasteiger partial charge in [-0.3, -0.25) is 19.4 Å². The molecule has 0 bridgehead atoms. The number of fused-ring (bicyclic) bond motifs is 1. The highest BCUT2D eigenvalue weighted by atomic mass is 16.3. The van der Waals surface area contributed by atoms with Crippen LogP contribution in [0.3, 0.4) is 0 Å². The quantitative estimate of drug-likeness (QED) is 0.823. The second-order valence-electron chi connectivity index (χ2n) is 6.50. The molecule has 1 saturated carbocycles. The van der Waals surface area contributed by atoms with E-state index in [9.17, 15) is 9.59 Å². The van der Waals surface area contributed by atoms with E-state index in [1.54, 1.807) is 0 Å². The van der Waals surface area contributed by atoms with Gasteiger partial charge in [0, 0.05) is 18.0 Å². The normalized spacial score (nSPS) is 23.6. The molecular formula is C14H21N3O3. The summed E-state index contributed by atoms with van der Waals surface area (Å²) in [5, 5.41) is 12.0. The maximum absolute atomic E-state index is 12.4. The molecule has 2 aliphatic rings. The van der Waals surface area contributed by atoms with Gasteiger partial charge in [-0.2, -0.15) is 0 Å². The first-order valence-electron chi connectivity index (χ1n) is 7.14. The SMILES string of the molecule is CC1(C)C[C@H]1C(=O)N1CCc2c([nH]n(CCO)c2=O)C1. The Bertz CT molecular complexity index is 599. The summed E-state index contributed by atoms with van der Waals surface area (Å²) in [5.41, 5.74) is 1.65. The van der Waals surface area contributed by atoms with E-state index in [2.05, 4.69) is 18.9 Å². The van der Waals surface area contributed by atoms with E-state index in [0.717, 1.165) is 17.7 Å². The van der Waals surface area contributed by atoms with Gasteiger partial charge in [-0.25, -0.2) is 0 Å². The van der Waals surface area contributed by atoms with Crippen molar-refractivity contribution in [3.05, 3.63) is 21.6 Å². The van der Waals surface area contributed by atoms with Crippen molar-refractivity contribution in [2.24, 2.45) is 11.3 Å². The number of amides is 1. The molecule has 1 aromatic rings. The van der Waals surface area contributed by atoms with Crippen LogP contribution in [0.5, 0.6) is 0 Å². The minimum atomic E-state index is -0.0712. The molecule has 1 amide bonds. The van der Waals surface area contributed by atoms with Crippen molar-refractivity contribution in [1.29, 1.82) is 0 Å². The molecule has 0 unspecified atom stereocenters. The summed E-state index contributed by atoms with van der Waals surface area (Å²) in [6, 6.07) is 0.